The molecule has 3 aliphatic heterocycles. The first-order valence-corrected chi connectivity index (χ1v) is 12.7. The number of piperidine rings is 2. The lowest BCUT2D eigenvalue weighted by atomic mass is 9.90. The summed E-state index contributed by atoms with van der Waals surface area (Å²) < 4.78 is 11.9. The predicted molar refractivity (Wildman–Crippen MR) is 127 cm³/mol. The summed E-state index contributed by atoms with van der Waals surface area (Å²) in [6.07, 6.45) is 13.6. The predicted octanol–water partition coefficient (Wildman–Crippen LogP) is 4.21. The summed E-state index contributed by atoms with van der Waals surface area (Å²) in [5.74, 6) is 1.64. The van der Waals surface area contributed by atoms with Crippen molar-refractivity contribution >= 4 is 5.70 Å². The molecule has 1 aliphatic carbocycles. The van der Waals surface area contributed by atoms with E-state index < -0.39 is 0 Å². The van der Waals surface area contributed by atoms with Crippen molar-refractivity contribution in [3.05, 3.63) is 29.8 Å². The number of nitrogens with one attached hydrogen (secondary N) is 1. The molecule has 176 valence electrons. The molecule has 1 spiro atoms. The van der Waals surface area contributed by atoms with E-state index >= 15 is 0 Å². The monoisotopic (exact) mass is 441 g/mol. The lowest BCUT2D eigenvalue weighted by Crippen LogP contribution is -2.47. The molecule has 0 bridgehead atoms. The SMILES string of the molecule is COc1ccc(C2=CC3(CCN(CCN4CCCCC4)CC3)ON2)cc1OC1CCCC1. The molecule has 0 aromatic heterocycles. The van der Waals surface area contributed by atoms with Gasteiger partial charge in [0.15, 0.2) is 11.5 Å². The highest BCUT2D eigenvalue weighted by molar-refractivity contribution is 5.68. The van der Waals surface area contributed by atoms with Crippen molar-refractivity contribution in [2.24, 2.45) is 0 Å². The number of hydroxylamine groups is 1. The molecule has 32 heavy (non-hydrogen) atoms. The summed E-state index contributed by atoms with van der Waals surface area (Å²) in [6.45, 7) is 7.15. The van der Waals surface area contributed by atoms with Gasteiger partial charge in [-0.3, -0.25) is 10.3 Å². The third kappa shape index (κ3) is 5.08. The van der Waals surface area contributed by atoms with Crippen LogP contribution in [-0.2, 0) is 4.84 Å². The molecular weight excluding hydrogens is 402 g/mol. The van der Waals surface area contributed by atoms with E-state index in [2.05, 4.69) is 33.5 Å². The van der Waals surface area contributed by atoms with Crippen LogP contribution in [0.15, 0.2) is 24.3 Å². The van der Waals surface area contributed by atoms with Gasteiger partial charge in [-0.15, -0.1) is 0 Å². The molecule has 1 N–H and O–H groups in total. The van der Waals surface area contributed by atoms with Gasteiger partial charge in [0.05, 0.1) is 18.9 Å². The van der Waals surface area contributed by atoms with Gasteiger partial charge in [0.25, 0.3) is 0 Å². The summed E-state index contributed by atoms with van der Waals surface area (Å²) in [5, 5.41) is 0. The lowest BCUT2D eigenvalue weighted by Gasteiger charge is -2.38. The first-order valence-electron chi connectivity index (χ1n) is 12.7. The minimum Gasteiger partial charge on any atom is -0.493 e. The van der Waals surface area contributed by atoms with E-state index in [1.54, 1.807) is 7.11 Å². The van der Waals surface area contributed by atoms with Crippen molar-refractivity contribution in [1.82, 2.24) is 15.3 Å². The Bertz CT molecular complexity index is 792. The standard InChI is InChI=1S/C26H39N3O3/c1-30-24-10-9-21(19-25(24)31-22-7-3-4-8-22)23-20-26(32-27-23)11-15-29(16-12-26)18-17-28-13-5-2-6-14-28/h9-10,19-20,22,27H,2-8,11-18H2,1H3. The fraction of sp³-hybridized carbons (Fsp3) is 0.692. The fourth-order valence-corrected chi connectivity index (χ4v) is 5.61. The number of benzene rings is 1. The second kappa shape index (κ2) is 10.0. The minimum atomic E-state index is -0.191. The number of nitrogens with zero attached hydrogens (tertiary/aromatic N) is 2. The van der Waals surface area contributed by atoms with E-state index in [0.717, 1.165) is 61.5 Å². The number of methoxy groups -OCH3 is 1. The van der Waals surface area contributed by atoms with Crippen LogP contribution in [0.25, 0.3) is 5.70 Å². The molecule has 5 rings (SSSR count). The van der Waals surface area contributed by atoms with Gasteiger partial charge >= 0.3 is 0 Å². The highest BCUT2D eigenvalue weighted by Crippen LogP contribution is 2.38. The van der Waals surface area contributed by atoms with Crippen LogP contribution in [0.5, 0.6) is 11.5 Å². The Labute approximate surface area is 192 Å². The zero-order chi connectivity index (χ0) is 21.8. The topological polar surface area (TPSA) is 46.2 Å². The van der Waals surface area contributed by atoms with Crippen LogP contribution < -0.4 is 15.0 Å². The van der Waals surface area contributed by atoms with E-state index in [0.29, 0.717) is 6.10 Å². The maximum absolute atomic E-state index is 6.29. The quantitative estimate of drug-likeness (QED) is 0.684. The van der Waals surface area contributed by atoms with Gasteiger partial charge in [-0.25, -0.2) is 0 Å². The Hall–Kier alpha value is -1.76. The Kier molecular flexibility index (Phi) is 6.91. The van der Waals surface area contributed by atoms with Crippen LogP contribution in [0.1, 0.15) is 63.4 Å². The van der Waals surface area contributed by atoms with Gasteiger partial charge < -0.3 is 19.3 Å². The molecule has 3 fully saturated rings. The molecule has 6 heteroatoms. The van der Waals surface area contributed by atoms with Crippen LogP contribution in [-0.4, -0.2) is 67.9 Å². The molecule has 4 aliphatic rings. The molecular formula is C26H39N3O3. The molecule has 1 saturated carbocycles. The van der Waals surface area contributed by atoms with Crippen LogP contribution in [0.2, 0.25) is 0 Å². The van der Waals surface area contributed by atoms with Gasteiger partial charge in [-0.1, -0.05) is 6.42 Å². The summed E-state index contributed by atoms with van der Waals surface area (Å²) in [7, 11) is 1.71. The molecule has 1 aromatic rings. The van der Waals surface area contributed by atoms with Crippen molar-refractivity contribution in [2.75, 3.05) is 46.4 Å². The second-order valence-corrected chi connectivity index (χ2v) is 9.96. The van der Waals surface area contributed by atoms with Crippen molar-refractivity contribution in [1.29, 1.82) is 0 Å². The number of ether oxygens (including phenoxy) is 2. The highest BCUT2D eigenvalue weighted by atomic mass is 16.7. The molecule has 0 radical (unpaired) electrons. The van der Waals surface area contributed by atoms with Crippen molar-refractivity contribution in [3.8, 4) is 11.5 Å². The maximum Gasteiger partial charge on any atom is 0.162 e. The van der Waals surface area contributed by atoms with E-state index in [1.807, 2.05) is 6.07 Å². The summed E-state index contributed by atoms with van der Waals surface area (Å²) in [4.78, 5) is 11.4. The normalized spacial score (nSPS) is 24.5. The highest BCUT2D eigenvalue weighted by Gasteiger charge is 2.39. The number of rotatable bonds is 7. The lowest BCUT2D eigenvalue weighted by molar-refractivity contribution is -0.0699. The molecule has 0 amide bonds. The molecule has 1 aromatic carbocycles. The van der Waals surface area contributed by atoms with E-state index in [-0.39, 0.29) is 5.60 Å². The Morgan fingerprint density at radius 1 is 0.938 bits per heavy atom. The van der Waals surface area contributed by atoms with Crippen LogP contribution in [0.4, 0.5) is 0 Å². The largest absolute Gasteiger partial charge is 0.493 e. The Morgan fingerprint density at radius 3 is 2.38 bits per heavy atom. The first-order chi connectivity index (χ1) is 15.7. The van der Waals surface area contributed by atoms with Crippen LogP contribution in [0, 0.1) is 0 Å². The number of hydrogen-bond donors (Lipinski definition) is 1. The van der Waals surface area contributed by atoms with E-state index in [4.69, 9.17) is 14.3 Å². The second-order valence-electron chi connectivity index (χ2n) is 9.96. The van der Waals surface area contributed by atoms with E-state index in [9.17, 15) is 0 Å². The third-order valence-corrected chi connectivity index (χ3v) is 7.73. The number of likely N-dealkylation sites (tertiary alicyclic amines) is 2. The summed E-state index contributed by atoms with van der Waals surface area (Å²) in [5.41, 5.74) is 5.18. The molecule has 6 nitrogen and oxygen atoms in total. The molecule has 0 atom stereocenters. The third-order valence-electron chi connectivity index (χ3n) is 7.73. The van der Waals surface area contributed by atoms with Gasteiger partial charge in [0.2, 0.25) is 0 Å². The minimum absolute atomic E-state index is 0.191. The average Bonchev–Trinajstić information content (AvgIpc) is 3.50. The van der Waals surface area contributed by atoms with Crippen molar-refractivity contribution in [2.45, 2.75) is 69.5 Å². The smallest absolute Gasteiger partial charge is 0.162 e. The van der Waals surface area contributed by atoms with Gasteiger partial charge in [0, 0.05) is 31.7 Å². The zero-order valence-electron chi connectivity index (χ0n) is 19.6. The van der Waals surface area contributed by atoms with Crippen LogP contribution >= 0.6 is 0 Å². The van der Waals surface area contributed by atoms with Crippen LogP contribution in [0.3, 0.4) is 0 Å². The maximum atomic E-state index is 6.29. The first kappa shape index (κ1) is 22.1. The van der Waals surface area contributed by atoms with Crippen molar-refractivity contribution in [3.63, 3.8) is 0 Å². The average molecular weight is 442 g/mol. The molecule has 0 unspecified atom stereocenters. The summed E-state index contributed by atoms with van der Waals surface area (Å²) >= 11 is 0. The molecule has 3 heterocycles. The Balaban J connectivity index is 1.19. The van der Waals surface area contributed by atoms with Crippen molar-refractivity contribution < 1.29 is 14.3 Å². The van der Waals surface area contributed by atoms with Gasteiger partial charge in [-0.2, -0.15) is 0 Å². The van der Waals surface area contributed by atoms with E-state index in [1.165, 1.54) is 58.3 Å². The zero-order valence-corrected chi connectivity index (χ0v) is 19.6. The summed E-state index contributed by atoms with van der Waals surface area (Å²) in [6, 6.07) is 6.21. The Morgan fingerprint density at radius 2 is 1.66 bits per heavy atom. The number of hydrogen-bond acceptors (Lipinski definition) is 6. The molecule has 2 saturated heterocycles. The fourth-order valence-electron chi connectivity index (χ4n) is 5.61. The van der Waals surface area contributed by atoms with Gasteiger partial charge in [0.1, 0.15) is 5.60 Å². The van der Waals surface area contributed by atoms with Gasteiger partial charge in [-0.05, 0) is 88.7 Å².